The maximum Gasteiger partial charge on any atom is 0.243 e. The molecule has 3 heterocycles. The molecule has 1 saturated heterocycles. The number of piperidine rings is 1. The maximum absolute atomic E-state index is 12.2. The van der Waals surface area contributed by atoms with Gasteiger partial charge in [-0.25, -0.2) is 23.0 Å². The summed E-state index contributed by atoms with van der Waals surface area (Å²) in [6.07, 6.45) is 4.56. The number of nitrogens with zero attached hydrogens (tertiary/aromatic N) is 3. The molecule has 0 saturated carbocycles. The van der Waals surface area contributed by atoms with Gasteiger partial charge >= 0.3 is 0 Å². The van der Waals surface area contributed by atoms with E-state index in [1.54, 1.807) is 0 Å². The number of hydrogen-bond donors (Lipinski definition) is 1. The summed E-state index contributed by atoms with van der Waals surface area (Å²) in [5.41, 5.74) is 0.250. The van der Waals surface area contributed by atoms with Crippen molar-refractivity contribution < 1.29 is 8.42 Å². The zero-order chi connectivity index (χ0) is 13.5. The van der Waals surface area contributed by atoms with Crippen molar-refractivity contribution in [3.05, 3.63) is 23.7 Å². The minimum Gasteiger partial charge on any atom is -0.351 e. The molecule has 0 radical (unpaired) electrons. The number of fused-ring (bicyclic) bond motifs is 3. The van der Waals surface area contributed by atoms with Crippen LogP contribution >= 0.6 is 0 Å². The maximum atomic E-state index is 12.2. The van der Waals surface area contributed by atoms with Gasteiger partial charge in [0.05, 0.1) is 6.57 Å². The first kappa shape index (κ1) is 14.8. The quantitative estimate of drug-likeness (QED) is 0.742. The Hall–Kier alpha value is -1.65. The highest BCUT2D eigenvalue weighted by Gasteiger charge is 2.33. The van der Waals surface area contributed by atoms with E-state index >= 15 is 0 Å². The second-order valence-corrected chi connectivity index (χ2v) is 6.56. The molecule has 3 rings (SSSR count). The second-order valence-electron chi connectivity index (χ2n) is 4.82. The summed E-state index contributed by atoms with van der Waals surface area (Å²) in [7, 11) is -3.57. The average molecular weight is 294 g/mol. The first-order valence-electron chi connectivity index (χ1n) is 6.25. The monoisotopic (exact) mass is 294 g/mol. The highest BCUT2D eigenvalue weighted by atomic mass is 32.2. The van der Waals surface area contributed by atoms with E-state index in [1.165, 1.54) is 12.3 Å². The Bertz CT molecular complexity index is 651. The molecule has 0 amide bonds. The van der Waals surface area contributed by atoms with Crippen LogP contribution in [0.15, 0.2) is 17.2 Å². The molecule has 7 heteroatoms. The summed E-state index contributed by atoms with van der Waals surface area (Å²) >= 11 is 0. The van der Waals surface area contributed by atoms with Crippen LogP contribution in [0.3, 0.4) is 0 Å². The molecular weight excluding hydrogens is 276 g/mol. The lowest BCUT2D eigenvalue weighted by molar-refractivity contribution is 0.454. The lowest BCUT2D eigenvalue weighted by atomic mass is 10.0. The number of aromatic nitrogens is 1. The molecule has 1 atom stereocenters. The van der Waals surface area contributed by atoms with Crippen molar-refractivity contribution in [1.82, 2.24) is 9.71 Å². The van der Waals surface area contributed by atoms with Crippen molar-refractivity contribution in [3.63, 3.8) is 0 Å². The Balaban J connectivity index is 0.00000147. The molecule has 20 heavy (non-hydrogen) atoms. The molecule has 2 aliphatic rings. The molecule has 0 aliphatic carbocycles. The average Bonchev–Trinajstić information content (AvgIpc) is 2.55. The van der Waals surface area contributed by atoms with Crippen molar-refractivity contribution in [2.45, 2.75) is 37.6 Å². The number of pyridine rings is 1. The third-order valence-electron chi connectivity index (χ3n) is 3.65. The first-order valence-corrected chi connectivity index (χ1v) is 7.74. The van der Waals surface area contributed by atoms with E-state index in [9.17, 15) is 8.42 Å². The second kappa shape index (κ2) is 5.38. The molecular formula is C13H18N4O2S. The topological polar surface area (TPSA) is 66.7 Å². The van der Waals surface area contributed by atoms with Crippen LogP contribution in [0.4, 0.5) is 11.5 Å². The molecule has 0 spiro atoms. The number of hydrogen-bond acceptors (Lipinski definition) is 4. The van der Waals surface area contributed by atoms with Gasteiger partial charge in [0.2, 0.25) is 15.7 Å². The first-order chi connectivity index (χ1) is 9.12. The highest BCUT2D eigenvalue weighted by molar-refractivity contribution is 7.89. The Labute approximate surface area is 119 Å². The summed E-state index contributed by atoms with van der Waals surface area (Å²) in [5, 5.41) is 0. The fourth-order valence-corrected chi connectivity index (χ4v) is 3.93. The zero-order valence-electron chi connectivity index (χ0n) is 10.3. The number of sulfonamides is 1. The Morgan fingerprint density at radius 1 is 1.45 bits per heavy atom. The molecule has 0 bridgehead atoms. The smallest absolute Gasteiger partial charge is 0.243 e. The number of rotatable bonds is 0. The van der Waals surface area contributed by atoms with Crippen molar-refractivity contribution in [2.24, 2.45) is 0 Å². The molecule has 0 aromatic carbocycles. The Morgan fingerprint density at radius 2 is 2.25 bits per heavy atom. The summed E-state index contributed by atoms with van der Waals surface area (Å²) in [5.74, 6) is 0.488. The van der Waals surface area contributed by atoms with Gasteiger partial charge in [-0.15, -0.1) is 0 Å². The van der Waals surface area contributed by atoms with Gasteiger partial charge in [-0.2, -0.15) is 0 Å². The van der Waals surface area contributed by atoms with Crippen molar-refractivity contribution in [3.8, 4) is 0 Å². The largest absolute Gasteiger partial charge is 0.351 e. The lowest BCUT2D eigenvalue weighted by Gasteiger charge is -2.35. The molecule has 0 unspecified atom stereocenters. The predicted octanol–water partition coefficient (Wildman–Crippen LogP) is 1.92. The van der Waals surface area contributed by atoms with Gasteiger partial charge in [-0.05, 0) is 25.3 Å². The van der Waals surface area contributed by atoms with Crippen LogP contribution in [0.1, 0.15) is 26.7 Å². The number of anilines is 1. The molecule has 1 N–H and O–H groups in total. The summed E-state index contributed by atoms with van der Waals surface area (Å²) in [6, 6.07) is 1.57. The third kappa shape index (κ3) is 2.37. The van der Waals surface area contributed by atoms with Crippen molar-refractivity contribution in [1.29, 1.82) is 0 Å². The number of nitrogens with one attached hydrogen (secondary N) is 1. The van der Waals surface area contributed by atoms with Crippen LogP contribution in [0.25, 0.3) is 4.85 Å². The minimum atomic E-state index is -3.57. The van der Waals surface area contributed by atoms with Crippen LogP contribution in [0, 0.1) is 6.57 Å². The van der Waals surface area contributed by atoms with Gasteiger partial charge in [0.25, 0.3) is 0 Å². The lowest BCUT2D eigenvalue weighted by Crippen LogP contribution is -2.44. The summed E-state index contributed by atoms with van der Waals surface area (Å²) in [6.45, 7) is 8.21. The minimum absolute atomic E-state index is 0. The molecule has 1 aromatic heterocycles. The van der Waals surface area contributed by atoms with Crippen LogP contribution in [-0.2, 0) is 10.0 Å². The van der Waals surface area contributed by atoms with E-state index < -0.39 is 10.0 Å². The van der Waals surface area contributed by atoms with Crippen molar-refractivity contribution >= 4 is 21.5 Å². The van der Waals surface area contributed by atoms with Crippen molar-refractivity contribution in [2.75, 3.05) is 18.0 Å². The Kier molecular flexibility index (Phi) is 3.97. The highest BCUT2D eigenvalue weighted by Crippen LogP contribution is 2.33. The Morgan fingerprint density at radius 3 is 3.00 bits per heavy atom. The van der Waals surface area contributed by atoms with Gasteiger partial charge in [-0.1, -0.05) is 7.43 Å². The van der Waals surface area contributed by atoms with Crippen LogP contribution < -0.4 is 9.62 Å². The van der Waals surface area contributed by atoms with Crippen LogP contribution in [0.5, 0.6) is 0 Å². The normalized spacial score (nSPS) is 23.6. The third-order valence-corrected chi connectivity index (χ3v) is 5.07. The van der Waals surface area contributed by atoms with E-state index in [2.05, 4.69) is 19.5 Å². The van der Waals surface area contributed by atoms with E-state index in [0.29, 0.717) is 12.4 Å². The SMILES string of the molecule is C.[C-]#[N+]c1cnc2c(c1)S(=O)(=O)NC[C@@H]1CCCCN21. The van der Waals surface area contributed by atoms with Gasteiger partial charge in [0, 0.05) is 25.3 Å². The standard InChI is InChI=1S/C12H14N4O2S.CH4/c1-13-9-6-11-12(14-7-9)16-5-3-2-4-10(16)8-15-19(11,17)18;/h6-7,10,15H,2-5,8H2;1H4/t10-;/m0./s1. The van der Waals surface area contributed by atoms with Gasteiger partial charge in [0.1, 0.15) is 10.7 Å². The van der Waals surface area contributed by atoms with Crippen LogP contribution in [0.2, 0.25) is 0 Å². The van der Waals surface area contributed by atoms with E-state index in [4.69, 9.17) is 6.57 Å². The van der Waals surface area contributed by atoms with E-state index in [-0.39, 0.29) is 24.1 Å². The zero-order valence-corrected chi connectivity index (χ0v) is 11.2. The molecule has 1 aromatic rings. The predicted molar refractivity (Wildman–Crippen MR) is 77.4 cm³/mol. The van der Waals surface area contributed by atoms with Gasteiger partial charge in [0.15, 0.2) is 0 Å². The fourth-order valence-electron chi connectivity index (χ4n) is 2.68. The summed E-state index contributed by atoms with van der Waals surface area (Å²) in [4.78, 5) is 9.67. The fraction of sp³-hybridized carbons (Fsp3) is 0.538. The van der Waals surface area contributed by atoms with Gasteiger partial charge in [-0.3, -0.25) is 0 Å². The van der Waals surface area contributed by atoms with E-state index in [0.717, 1.165) is 25.8 Å². The molecule has 2 aliphatic heterocycles. The molecule has 108 valence electrons. The molecule has 6 nitrogen and oxygen atoms in total. The summed E-state index contributed by atoms with van der Waals surface area (Å²) < 4.78 is 27.1. The van der Waals surface area contributed by atoms with Gasteiger partial charge < -0.3 is 4.90 Å². The van der Waals surface area contributed by atoms with E-state index in [1.807, 2.05) is 0 Å². The molecule has 1 fully saturated rings. The van der Waals surface area contributed by atoms with Crippen LogP contribution in [-0.4, -0.2) is 32.5 Å².